The van der Waals surface area contributed by atoms with Gasteiger partial charge >= 0.3 is 0 Å². The van der Waals surface area contributed by atoms with Crippen LogP contribution in [0, 0.1) is 0 Å². The van der Waals surface area contributed by atoms with Gasteiger partial charge < -0.3 is 10.0 Å². The molecule has 1 aromatic heterocycles. The van der Waals surface area contributed by atoms with Crippen LogP contribution in [-0.2, 0) is 6.54 Å². The van der Waals surface area contributed by atoms with Crippen molar-refractivity contribution in [3.05, 3.63) is 60.7 Å². The predicted octanol–water partition coefficient (Wildman–Crippen LogP) is 4.65. The summed E-state index contributed by atoms with van der Waals surface area (Å²) in [5, 5.41) is 15.7. The van der Waals surface area contributed by atoms with E-state index >= 15 is 0 Å². The Morgan fingerprint density at radius 2 is 1.46 bits per heavy atom. The number of nitrogens with zero attached hydrogens (tertiary/aromatic N) is 3. The first-order valence-corrected chi connectivity index (χ1v) is 9.37. The topological polar surface area (TPSA) is 41.3 Å². The van der Waals surface area contributed by atoms with E-state index in [1.165, 1.54) is 0 Å². The zero-order valence-corrected chi connectivity index (χ0v) is 15.6. The molecule has 0 aliphatic heterocycles. The molecule has 4 heteroatoms. The van der Waals surface area contributed by atoms with Crippen LogP contribution in [0.1, 0.15) is 20.3 Å². The molecule has 0 bridgehead atoms. The average Bonchev–Trinajstić information content (AvgIpc) is 3.03. The van der Waals surface area contributed by atoms with E-state index < -0.39 is 0 Å². The van der Waals surface area contributed by atoms with Crippen molar-refractivity contribution in [2.45, 2.75) is 26.8 Å². The fourth-order valence-electron chi connectivity index (χ4n) is 3.27. The van der Waals surface area contributed by atoms with Gasteiger partial charge in [-0.15, -0.1) is 0 Å². The number of aromatic hydroxyl groups is 1. The fraction of sp³-hybridized carbons (Fsp3) is 0.318. The van der Waals surface area contributed by atoms with Crippen molar-refractivity contribution in [2.75, 3.05) is 19.6 Å². The van der Waals surface area contributed by atoms with E-state index in [1.807, 2.05) is 65.3 Å². The summed E-state index contributed by atoms with van der Waals surface area (Å²) in [6.07, 6.45) is 0.997. The fourth-order valence-corrected chi connectivity index (χ4v) is 3.27. The predicted molar refractivity (Wildman–Crippen MR) is 107 cm³/mol. The number of rotatable bonds is 8. The summed E-state index contributed by atoms with van der Waals surface area (Å²) in [5.74, 6) is 0.255. The molecule has 4 nitrogen and oxygen atoms in total. The van der Waals surface area contributed by atoms with E-state index in [0.29, 0.717) is 5.69 Å². The smallest absolute Gasteiger partial charge is 0.169 e. The first-order chi connectivity index (χ1) is 12.7. The Bertz CT molecular complexity index is 808. The van der Waals surface area contributed by atoms with Crippen LogP contribution in [-0.4, -0.2) is 39.4 Å². The Morgan fingerprint density at radius 1 is 0.885 bits per heavy atom. The SMILES string of the molecule is CCN(CC)CCCn1nc(-c2ccccc2)c(O)c1-c1ccccc1. The lowest BCUT2D eigenvalue weighted by Crippen LogP contribution is -2.25. The second-order valence-corrected chi connectivity index (χ2v) is 6.38. The number of aromatic nitrogens is 2. The van der Waals surface area contributed by atoms with E-state index in [2.05, 4.69) is 18.7 Å². The van der Waals surface area contributed by atoms with Crippen molar-refractivity contribution in [2.24, 2.45) is 0 Å². The van der Waals surface area contributed by atoms with Crippen molar-refractivity contribution in [3.8, 4) is 28.3 Å². The van der Waals surface area contributed by atoms with Crippen molar-refractivity contribution in [1.29, 1.82) is 0 Å². The first kappa shape index (κ1) is 18.2. The van der Waals surface area contributed by atoms with Gasteiger partial charge in [0.2, 0.25) is 0 Å². The minimum Gasteiger partial charge on any atom is -0.504 e. The van der Waals surface area contributed by atoms with E-state index in [1.54, 1.807) is 0 Å². The van der Waals surface area contributed by atoms with Gasteiger partial charge in [-0.1, -0.05) is 74.5 Å². The molecule has 0 saturated carbocycles. The van der Waals surface area contributed by atoms with E-state index in [-0.39, 0.29) is 5.75 Å². The van der Waals surface area contributed by atoms with E-state index in [9.17, 15) is 5.11 Å². The zero-order chi connectivity index (χ0) is 18.4. The molecule has 0 aliphatic carbocycles. The van der Waals surface area contributed by atoms with Gasteiger partial charge in [-0.25, -0.2) is 0 Å². The summed E-state index contributed by atoms with van der Waals surface area (Å²) < 4.78 is 1.95. The molecule has 26 heavy (non-hydrogen) atoms. The minimum atomic E-state index is 0.255. The monoisotopic (exact) mass is 349 g/mol. The molecule has 2 aromatic carbocycles. The summed E-state index contributed by atoms with van der Waals surface area (Å²) in [6, 6.07) is 19.9. The van der Waals surface area contributed by atoms with Crippen LogP contribution in [0.3, 0.4) is 0 Å². The molecule has 0 aliphatic rings. The molecule has 3 rings (SSSR count). The van der Waals surface area contributed by atoms with Crippen LogP contribution in [0.15, 0.2) is 60.7 Å². The molecule has 136 valence electrons. The molecular formula is C22H27N3O. The summed E-state index contributed by atoms with van der Waals surface area (Å²) >= 11 is 0. The van der Waals surface area contributed by atoms with Crippen LogP contribution >= 0.6 is 0 Å². The summed E-state index contributed by atoms with van der Waals surface area (Å²) in [5.41, 5.74) is 3.36. The lowest BCUT2D eigenvalue weighted by atomic mass is 10.1. The van der Waals surface area contributed by atoms with Gasteiger partial charge in [0.25, 0.3) is 0 Å². The lowest BCUT2D eigenvalue weighted by molar-refractivity contribution is 0.291. The maximum absolute atomic E-state index is 10.9. The van der Waals surface area contributed by atoms with Crippen LogP contribution in [0.25, 0.3) is 22.5 Å². The standard InChI is InChI=1S/C22H27N3O/c1-3-24(4-2)16-11-17-25-21(19-14-9-6-10-15-19)22(26)20(23-25)18-12-7-5-8-13-18/h5-10,12-15,26H,3-4,11,16-17H2,1-2H3. The molecule has 0 radical (unpaired) electrons. The van der Waals surface area contributed by atoms with Crippen molar-refractivity contribution in [1.82, 2.24) is 14.7 Å². The summed E-state index contributed by atoms with van der Waals surface area (Å²) in [4.78, 5) is 2.41. The van der Waals surface area contributed by atoms with Gasteiger partial charge in [-0.3, -0.25) is 4.68 Å². The maximum Gasteiger partial charge on any atom is 0.169 e. The number of benzene rings is 2. The Hall–Kier alpha value is -2.59. The Balaban J connectivity index is 1.94. The van der Waals surface area contributed by atoms with Gasteiger partial charge in [-0.05, 0) is 26.1 Å². The van der Waals surface area contributed by atoms with E-state index in [4.69, 9.17) is 5.10 Å². The molecule has 0 spiro atoms. The van der Waals surface area contributed by atoms with Crippen LogP contribution in [0.2, 0.25) is 0 Å². The van der Waals surface area contributed by atoms with Crippen molar-refractivity contribution >= 4 is 0 Å². The highest BCUT2D eigenvalue weighted by molar-refractivity contribution is 5.77. The van der Waals surface area contributed by atoms with Gasteiger partial charge in [0.05, 0.1) is 0 Å². The lowest BCUT2D eigenvalue weighted by Gasteiger charge is -2.18. The van der Waals surface area contributed by atoms with Gasteiger partial charge in [0.15, 0.2) is 5.75 Å². The number of hydrogen-bond acceptors (Lipinski definition) is 3. The minimum absolute atomic E-state index is 0.255. The highest BCUT2D eigenvalue weighted by atomic mass is 16.3. The third-order valence-corrected chi connectivity index (χ3v) is 4.76. The van der Waals surface area contributed by atoms with Gasteiger partial charge in [-0.2, -0.15) is 5.10 Å². The third kappa shape index (κ3) is 3.97. The molecule has 0 amide bonds. The molecule has 0 fully saturated rings. The largest absolute Gasteiger partial charge is 0.504 e. The maximum atomic E-state index is 10.9. The Morgan fingerprint density at radius 3 is 2.04 bits per heavy atom. The second kappa shape index (κ2) is 8.68. The highest BCUT2D eigenvalue weighted by Gasteiger charge is 2.19. The molecule has 0 unspecified atom stereocenters. The third-order valence-electron chi connectivity index (χ3n) is 4.76. The molecule has 3 aromatic rings. The first-order valence-electron chi connectivity index (χ1n) is 9.37. The average molecular weight is 349 g/mol. The van der Waals surface area contributed by atoms with Crippen molar-refractivity contribution in [3.63, 3.8) is 0 Å². The van der Waals surface area contributed by atoms with Crippen LogP contribution in [0.4, 0.5) is 0 Å². The second-order valence-electron chi connectivity index (χ2n) is 6.38. The molecular weight excluding hydrogens is 322 g/mol. The Kier molecular flexibility index (Phi) is 6.08. The van der Waals surface area contributed by atoms with Crippen LogP contribution in [0.5, 0.6) is 5.75 Å². The summed E-state index contributed by atoms with van der Waals surface area (Å²) in [6.45, 7) is 8.30. The quantitative estimate of drug-likeness (QED) is 0.643. The van der Waals surface area contributed by atoms with Crippen molar-refractivity contribution < 1.29 is 5.11 Å². The molecule has 1 heterocycles. The molecule has 1 N–H and O–H groups in total. The Labute approximate surface area is 155 Å². The molecule has 0 atom stereocenters. The number of aryl methyl sites for hydroxylation is 1. The summed E-state index contributed by atoms with van der Waals surface area (Å²) in [7, 11) is 0. The van der Waals surface area contributed by atoms with Gasteiger partial charge in [0, 0.05) is 17.7 Å². The highest BCUT2D eigenvalue weighted by Crippen LogP contribution is 2.37. The van der Waals surface area contributed by atoms with Gasteiger partial charge in [0.1, 0.15) is 11.4 Å². The van der Waals surface area contributed by atoms with E-state index in [0.717, 1.165) is 49.4 Å². The zero-order valence-electron chi connectivity index (χ0n) is 15.6. The number of hydrogen-bond donors (Lipinski definition) is 1. The molecule has 0 saturated heterocycles. The normalized spacial score (nSPS) is 11.2. The van der Waals surface area contributed by atoms with Crippen LogP contribution < -0.4 is 0 Å².